The van der Waals surface area contributed by atoms with Crippen molar-refractivity contribution in [3.63, 3.8) is 0 Å². The Kier molecular flexibility index (Phi) is 3.83. The number of para-hydroxylation sites is 1. The molecular weight excluding hydrogens is 298 g/mol. The first-order valence-electron chi connectivity index (χ1n) is 6.80. The molecule has 0 heterocycles. The molecule has 0 amide bonds. The first kappa shape index (κ1) is 14.6. The Morgan fingerprint density at radius 3 is 2.32 bits per heavy atom. The summed E-state index contributed by atoms with van der Waals surface area (Å²) in [6.45, 7) is -0.226. The molecule has 0 aliphatic heterocycles. The van der Waals surface area contributed by atoms with Gasteiger partial charge < -0.3 is 5.11 Å². The fourth-order valence-corrected chi connectivity index (χ4v) is 3.43. The minimum Gasteiger partial charge on any atom is -0.392 e. The average Bonchev–Trinajstić information content (AvgIpc) is 2.54. The number of aliphatic hydroxyl groups excluding tert-OH is 1. The number of hydrogen-bond donors (Lipinski definition) is 2. The first-order valence-corrected chi connectivity index (χ1v) is 8.29. The number of sulfonamides is 1. The first-order chi connectivity index (χ1) is 10.6. The molecular formula is C17H15NO3S. The van der Waals surface area contributed by atoms with E-state index >= 15 is 0 Å². The lowest BCUT2D eigenvalue weighted by Gasteiger charge is -2.11. The van der Waals surface area contributed by atoms with E-state index in [1.807, 2.05) is 24.3 Å². The molecule has 0 saturated carbocycles. The molecule has 22 heavy (non-hydrogen) atoms. The Hall–Kier alpha value is -2.37. The van der Waals surface area contributed by atoms with Crippen LogP contribution in [0.25, 0.3) is 10.8 Å². The minimum absolute atomic E-state index is 0.193. The molecule has 0 bridgehead atoms. The van der Waals surface area contributed by atoms with Gasteiger partial charge >= 0.3 is 0 Å². The van der Waals surface area contributed by atoms with Crippen LogP contribution in [0.15, 0.2) is 71.6 Å². The monoisotopic (exact) mass is 313 g/mol. The maximum absolute atomic E-state index is 12.5. The largest absolute Gasteiger partial charge is 0.392 e. The number of rotatable bonds is 4. The molecule has 0 spiro atoms. The normalized spacial score (nSPS) is 11.5. The molecule has 112 valence electrons. The van der Waals surface area contributed by atoms with E-state index in [4.69, 9.17) is 0 Å². The lowest BCUT2D eigenvalue weighted by Crippen LogP contribution is -2.14. The SMILES string of the molecule is O=S(=O)(Nc1ccccc1CO)c1ccc2ccccc2c1. The molecule has 0 fully saturated rings. The second kappa shape index (κ2) is 5.79. The zero-order valence-electron chi connectivity index (χ0n) is 11.7. The van der Waals surface area contributed by atoms with E-state index in [1.165, 1.54) is 0 Å². The molecule has 0 saturated heterocycles. The quantitative estimate of drug-likeness (QED) is 0.777. The highest BCUT2D eigenvalue weighted by Gasteiger charge is 2.16. The van der Waals surface area contributed by atoms with Gasteiger partial charge in [0.15, 0.2) is 0 Å². The van der Waals surface area contributed by atoms with Crippen molar-refractivity contribution in [2.75, 3.05) is 4.72 Å². The van der Waals surface area contributed by atoms with Gasteiger partial charge in [-0.2, -0.15) is 0 Å². The topological polar surface area (TPSA) is 66.4 Å². The van der Waals surface area contributed by atoms with E-state index in [0.29, 0.717) is 11.3 Å². The van der Waals surface area contributed by atoms with Crippen LogP contribution in [0.5, 0.6) is 0 Å². The van der Waals surface area contributed by atoms with Gasteiger partial charge in [-0.05, 0) is 29.0 Å². The van der Waals surface area contributed by atoms with E-state index in [-0.39, 0.29) is 11.5 Å². The van der Waals surface area contributed by atoms with Crippen LogP contribution in [0.3, 0.4) is 0 Å². The molecule has 0 radical (unpaired) electrons. The maximum atomic E-state index is 12.5. The zero-order chi connectivity index (χ0) is 15.6. The van der Waals surface area contributed by atoms with Crippen LogP contribution in [-0.2, 0) is 16.6 Å². The van der Waals surface area contributed by atoms with E-state index in [0.717, 1.165) is 10.8 Å². The van der Waals surface area contributed by atoms with E-state index in [2.05, 4.69) is 4.72 Å². The number of anilines is 1. The second-order valence-electron chi connectivity index (χ2n) is 4.93. The second-order valence-corrected chi connectivity index (χ2v) is 6.61. The highest BCUT2D eigenvalue weighted by atomic mass is 32.2. The summed E-state index contributed by atoms with van der Waals surface area (Å²) in [7, 11) is -3.70. The number of benzene rings is 3. The van der Waals surface area contributed by atoms with Crippen molar-refractivity contribution < 1.29 is 13.5 Å². The lowest BCUT2D eigenvalue weighted by molar-refractivity contribution is 0.282. The van der Waals surface area contributed by atoms with Crippen LogP contribution in [0, 0.1) is 0 Å². The Morgan fingerprint density at radius 2 is 1.55 bits per heavy atom. The van der Waals surface area contributed by atoms with Gasteiger partial charge in [-0.15, -0.1) is 0 Å². The number of aliphatic hydroxyl groups is 1. The predicted molar refractivity (Wildman–Crippen MR) is 87.1 cm³/mol. The van der Waals surface area contributed by atoms with E-state index in [1.54, 1.807) is 42.5 Å². The van der Waals surface area contributed by atoms with Crippen molar-refractivity contribution in [2.24, 2.45) is 0 Å². The average molecular weight is 313 g/mol. The van der Waals surface area contributed by atoms with Gasteiger partial charge in [0, 0.05) is 5.56 Å². The minimum atomic E-state index is -3.70. The molecule has 3 aromatic carbocycles. The molecule has 0 aromatic heterocycles. The van der Waals surface area contributed by atoms with Crippen LogP contribution < -0.4 is 4.72 Å². The van der Waals surface area contributed by atoms with Crippen LogP contribution in [-0.4, -0.2) is 13.5 Å². The molecule has 3 rings (SSSR count). The van der Waals surface area contributed by atoms with Gasteiger partial charge in [0.25, 0.3) is 10.0 Å². The molecule has 0 aliphatic carbocycles. The third-order valence-electron chi connectivity index (χ3n) is 3.46. The van der Waals surface area contributed by atoms with Crippen LogP contribution in [0.4, 0.5) is 5.69 Å². The Morgan fingerprint density at radius 1 is 0.864 bits per heavy atom. The fraction of sp³-hybridized carbons (Fsp3) is 0.0588. The molecule has 0 aliphatic rings. The molecule has 3 aromatic rings. The summed E-state index contributed by atoms with van der Waals surface area (Å²) >= 11 is 0. The Labute approximate surface area is 129 Å². The van der Waals surface area contributed by atoms with Gasteiger partial charge in [-0.1, -0.05) is 48.5 Å². The molecule has 4 nitrogen and oxygen atoms in total. The number of nitrogens with one attached hydrogen (secondary N) is 1. The van der Waals surface area contributed by atoms with Gasteiger partial charge in [-0.25, -0.2) is 8.42 Å². The summed E-state index contributed by atoms with van der Waals surface area (Å²) in [5.74, 6) is 0. The van der Waals surface area contributed by atoms with Crippen LogP contribution >= 0.6 is 0 Å². The summed E-state index contributed by atoms with van der Waals surface area (Å²) < 4.78 is 27.6. The summed E-state index contributed by atoms with van der Waals surface area (Å²) in [6, 6.07) is 19.3. The molecule has 0 unspecified atom stereocenters. The molecule has 5 heteroatoms. The van der Waals surface area contributed by atoms with Crippen molar-refractivity contribution in [1.29, 1.82) is 0 Å². The van der Waals surface area contributed by atoms with Crippen molar-refractivity contribution in [2.45, 2.75) is 11.5 Å². The summed E-state index contributed by atoms with van der Waals surface area (Å²) in [6.07, 6.45) is 0. The van der Waals surface area contributed by atoms with Gasteiger partial charge in [-0.3, -0.25) is 4.72 Å². The smallest absolute Gasteiger partial charge is 0.261 e. The van der Waals surface area contributed by atoms with Crippen LogP contribution in [0.1, 0.15) is 5.56 Å². The summed E-state index contributed by atoms with van der Waals surface area (Å²) in [4.78, 5) is 0.193. The summed E-state index contributed by atoms with van der Waals surface area (Å²) in [5, 5.41) is 11.1. The van der Waals surface area contributed by atoms with Gasteiger partial charge in [0.2, 0.25) is 0 Å². The van der Waals surface area contributed by atoms with Crippen molar-refractivity contribution in [3.8, 4) is 0 Å². The van der Waals surface area contributed by atoms with Crippen molar-refractivity contribution in [3.05, 3.63) is 72.3 Å². The predicted octanol–water partition coefficient (Wildman–Crippen LogP) is 3.13. The van der Waals surface area contributed by atoms with Gasteiger partial charge in [0.1, 0.15) is 0 Å². The van der Waals surface area contributed by atoms with Gasteiger partial charge in [0.05, 0.1) is 17.2 Å². The third kappa shape index (κ3) is 2.81. The zero-order valence-corrected chi connectivity index (χ0v) is 12.5. The molecule has 2 N–H and O–H groups in total. The lowest BCUT2D eigenvalue weighted by atomic mass is 10.1. The molecule has 0 atom stereocenters. The van der Waals surface area contributed by atoms with Crippen molar-refractivity contribution >= 4 is 26.5 Å². The maximum Gasteiger partial charge on any atom is 0.261 e. The van der Waals surface area contributed by atoms with Crippen LogP contribution in [0.2, 0.25) is 0 Å². The van der Waals surface area contributed by atoms with E-state index < -0.39 is 10.0 Å². The highest BCUT2D eigenvalue weighted by molar-refractivity contribution is 7.92. The van der Waals surface area contributed by atoms with E-state index in [9.17, 15) is 13.5 Å². The standard InChI is InChI=1S/C17H15NO3S/c19-12-15-7-3-4-8-17(15)18-22(20,21)16-10-9-13-5-1-2-6-14(13)11-16/h1-11,18-19H,12H2. The van der Waals surface area contributed by atoms with Crippen molar-refractivity contribution in [1.82, 2.24) is 0 Å². The highest BCUT2D eigenvalue weighted by Crippen LogP contribution is 2.23. The number of hydrogen-bond acceptors (Lipinski definition) is 3. The Bertz CT molecular complexity index is 920. The fourth-order valence-electron chi connectivity index (χ4n) is 2.30. The summed E-state index contributed by atoms with van der Waals surface area (Å²) in [5.41, 5.74) is 0.921. The Balaban J connectivity index is 2.01. The number of fused-ring (bicyclic) bond motifs is 1. The third-order valence-corrected chi connectivity index (χ3v) is 4.83.